The normalized spacial score (nSPS) is 20.3. The van der Waals surface area contributed by atoms with Crippen molar-refractivity contribution in [2.75, 3.05) is 6.54 Å². The SMILES string of the molecule is CCC1C(=O)NC(=O)CN1S(=O)(=O)c1ccc(C(=O)O)s1. The first-order chi connectivity index (χ1) is 9.77. The summed E-state index contributed by atoms with van der Waals surface area (Å²) in [6.07, 6.45) is 0.204. The molecule has 2 N–H and O–H groups in total. The average molecular weight is 332 g/mol. The molecule has 1 fully saturated rings. The summed E-state index contributed by atoms with van der Waals surface area (Å²) in [6, 6.07) is 1.35. The van der Waals surface area contributed by atoms with Gasteiger partial charge in [-0.05, 0) is 18.6 Å². The molecule has 10 heteroatoms. The molecule has 1 aromatic heterocycles. The van der Waals surface area contributed by atoms with Gasteiger partial charge in [-0.2, -0.15) is 4.31 Å². The third-order valence-corrected chi connectivity index (χ3v) is 6.35. The monoisotopic (exact) mass is 332 g/mol. The van der Waals surface area contributed by atoms with Gasteiger partial charge < -0.3 is 5.11 Å². The van der Waals surface area contributed by atoms with Crippen molar-refractivity contribution in [2.45, 2.75) is 23.6 Å². The number of hydrogen-bond donors (Lipinski definition) is 2. The Morgan fingerprint density at radius 3 is 2.67 bits per heavy atom. The van der Waals surface area contributed by atoms with Crippen LogP contribution in [0.4, 0.5) is 0 Å². The van der Waals surface area contributed by atoms with Crippen molar-refractivity contribution in [1.29, 1.82) is 0 Å². The molecule has 21 heavy (non-hydrogen) atoms. The fourth-order valence-electron chi connectivity index (χ4n) is 1.97. The number of rotatable bonds is 4. The third-order valence-electron chi connectivity index (χ3n) is 2.95. The maximum atomic E-state index is 12.5. The summed E-state index contributed by atoms with van der Waals surface area (Å²) in [4.78, 5) is 33.8. The van der Waals surface area contributed by atoms with Gasteiger partial charge >= 0.3 is 5.97 Å². The Labute approximate surface area is 124 Å². The van der Waals surface area contributed by atoms with Crippen molar-refractivity contribution >= 4 is 39.1 Å². The van der Waals surface area contributed by atoms with E-state index in [1.165, 1.54) is 6.07 Å². The smallest absolute Gasteiger partial charge is 0.345 e. The van der Waals surface area contributed by atoms with E-state index in [9.17, 15) is 22.8 Å². The number of carbonyl (C=O) groups excluding carboxylic acids is 2. The molecule has 2 amide bonds. The molecular weight excluding hydrogens is 320 g/mol. The van der Waals surface area contributed by atoms with E-state index in [2.05, 4.69) is 5.32 Å². The molecule has 0 saturated carbocycles. The Balaban J connectivity index is 2.42. The summed E-state index contributed by atoms with van der Waals surface area (Å²) < 4.78 is 25.6. The lowest BCUT2D eigenvalue weighted by Gasteiger charge is -2.31. The second-order valence-electron chi connectivity index (χ2n) is 4.31. The molecule has 1 aliphatic heterocycles. The molecule has 1 aromatic rings. The van der Waals surface area contributed by atoms with Gasteiger partial charge in [-0.3, -0.25) is 14.9 Å². The Morgan fingerprint density at radius 2 is 2.14 bits per heavy atom. The fourth-order valence-corrected chi connectivity index (χ4v) is 4.87. The summed E-state index contributed by atoms with van der Waals surface area (Å²) in [5.41, 5.74) is 0. The van der Waals surface area contributed by atoms with Gasteiger partial charge in [0.1, 0.15) is 15.1 Å². The lowest BCUT2D eigenvalue weighted by atomic mass is 10.2. The van der Waals surface area contributed by atoms with Crippen LogP contribution in [0.3, 0.4) is 0 Å². The first-order valence-electron chi connectivity index (χ1n) is 5.96. The number of carboxylic acid groups (broad SMARTS) is 1. The van der Waals surface area contributed by atoms with Crippen LogP contribution in [0.5, 0.6) is 0 Å². The van der Waals surface area contributed by atoms with E-state index in [1.54, 1.807) is 6.92 Å². The zero-order chi connectivity index (χ0) is 15.8. The highest BCUT2D eigenvalue weighted by atomic mass is 32.2. The topological polar surface area (TPSA) is 121 Å². The molecule has 1 unspecified atom stereocenters. The highest BCUT2D eigenvalue weighted by molar-refractivity contribution is 7.91. The standard InChI is InChI=1S/C11H12N2O6S2/c1-2-6-10(15)12-8(14)5-13(6)21(18,19)9-4-3-7(20-9)11(16)17/h3-4,6H,2,5H2,1H3,(H,16,17)(H,12,14,15). The van der Waals surface area contributed by atoms with Gasteiger partial charge in [0.15, 0.2) is 0 Å². The maximum absolute atomic E-state index is 12.5. The van der Waals surface area contributed by atoms with E-state index >= 15 is 0 Å². The van der Waals surface area contributed by atoms with E-state index in [0.29, 0.717) is 11.3 Å². The zero-order valence-corrected chi connectivity index (χ0v) is 12.5. The molecule has 0 radical (unpaired) electrons. The molecule has 1 atom stereocenters. The third kappa shape index (κ3) is 2.82. The number of piperazine rings is 1. The van der Waals surface area contributed by atoms with Gasteiger partial charge in [-0.1, -0.05) is 6.92 Å². The number of imide groups is 1. The first kappa shape index (κ1) is 15.6. The number of carboxylic acids is 1. The van der Waals surface area contributed by atoms with Gasteiger partial charge in [-0.25, -0.2) is 13.2 Å². The van der Waals surface area contributed by atoms with Crippen molar-refractivity contribution in [3.8, 4) is 0 Å². The molecule has 2 heterocycles. The molecule has 1 aliphatic rings. The number of sulfonamides is 1. The Morgan fingerprint density at radius 1 is 1.48 bits per heavy atom. The van der Waals surface area contributed by atoms with Crippen molar-refractivity contribution in [3.63, 3.8) is 0 Å². The van der Waals surface area contributed by atoms with Crippen LogP contribution in [0.15, 0.2) is 16.3 Å². The van der Waals surface area contributed by atoms with Crippen LogP contribution in [-0.2, 0) is 19.6 Å². The molecule has 0 aromatic carbocycles. The second kappa shape index (κ2) is 5.54. The maximum Gasteiger partial charge on any atom is 0.345 e. The van der Waals surface area contributed by atoms with Crippen LogP contribution in [0.25, 0.3) is 0 Å². The largest absolute Gasteiger partial charge is 0.477 e. The molecule has 0 spiro atoms. The van der Waals surface area contributed by atoms with Gasteiger partial charge in [0.25, 0.3) is 10.0 Å². The van der Waals surface area contributed by atoms with Crippen molar-refractivity contribution in [1.82, 2.24) is 9.62 Å². The van der Waals surface area contributed by atoms with Gasteiger partial charge in [0.2, 0.25) is 11.8 Å². The Hall–Kier alpha value is -1.78. The first-order valence-corrected chi connectivity index (χ1v) is 8.21. The number of hydrogen-bond acceptors (Lipinski definition) is 6. The minimum Gasteiger partial charge on any atom is -0.477 e. The van der Waals surface area contributed by atoms with Crippen molar-refractivity contribution in [2.24, 2.45) is 0 Å². The highest BCUT2D eigenvalue weighted by Crippen LogP contribution is 2.27. The predicted octanol–water partition coefficient (Wildman–Crippen LogP) is -0.128. The Bertz CT molecular complexity index is 708. The predicted molar refractivity (Wildman–Crippen MR) is 72.4 cm³/mol. The van der Waals surface area contributed by atoms with E-state index < -0.39 is 40.4 Å². The molecule has 2 rings (SSSR count). The molecule has 114 valence electrons. The fraction of sp³-hybridized carbons (Fsp3) is 0.364. The zero-order valence-electron chi connectivity index (χ0n) is 10.9. The number of thiophene rings is 1. The Kier molecular flexibility index (Phi) is 4.12. The minimum atomic E-state index is -4.09. The quantitative estimate of drug-likeness (QED) is 0.741. The highest BCUT2D eigenvalue weighted by Gasteiger charge is 2.41. The lowest BCUT2D eigenvalue weighted by Crippen LogP contribution is -2.59. The summed E-state index contributed by atoms with van der Waals surface area (Å²) >= 11 is 0.584. The van der Waals surface area contributed by atoms with Crippen LogP contribution in [0.1, 0.15) is 23.0 Å². The average Bonchev–Trinajstić information content (AvgIpc) is 2.88. The van der Waals surface area contributed by atoms with Crippen LogP contribution < -0.4 is 5.32 Å². The van der Waals surface area contributed by atoms with E-state index in [4.69, 9.17) is 5.11 Å². The lowest BCUT2D eigenvalue weighted by molar-refractivity contribution is -0.137. The van der Waals surface area contributed by atoms with Crippen LogP contribution >= 0.6 is 11.3 Å². The molecular formula is C11H12N2O6S2. The van der Waals surface area contributed by atoms with Crippen LogP contribution in [0, 0.1) is 0 Å². The van der Waals surface area contributed by atoms with Gasteiger partial charge in [0, 0.05) is 0 Å². The van der Waals surface area contributed by atoms with Crippen LogP contribution in [-0.4, -0.2) is 48.2 Å². The van der Waals surface area contributed by atoms with Crippen molar-refractivity contribution < 1.29 is 27.9 Å². The summed E-state index contributed by atoms with van der Waals surface area (Å²) in [7, 11) is -4.09. The van der Waals surface area contributed by atoms with Gasteiger partial charge in [0.05, 0.1) is 6.54 Å². The van der Waals surface area contributed by atoms with Crippen molar-refractivity contribution in [3.05, 3.63) is 17.0 Å². The van der Waals surface area contributed by atoms with E-state index in [0.717, 1.165) is 10.4 Å². The second-order valence-corrected chi connectivity index (χ2v) is 7.51. The molecule has 0 aliphatic carbocycles. The number of carbonyl (C=O) groups is 3. The van der Waals surface area contributed by atoms with Gasteiger partial charge in [-0.15, -0.1) is 11.3 Å². The van der Waals surface area contributed by atoms with Crippen LogP contribution in [0.2, 0.25) is 0 Å². The molecule has 0 bridgehead atoms. The number of aromatic carboxylic acids is 1. The summed E-state index contributed by atoms with van der Waals surface area (Å²) in [5.74, 6) is -2.61. The number of nitrogens with zero attached hydrogens (tertiary/aromatic N) is 1. The summed E-state index contributed by atoms with van der Waals surface area (Å²) in [5, 5.41) is 10.9. The summed E-state index contributed by atoms with van der Waals surface area (Å²) in [6.45, 7) is 1.16. The van der Waals surface area contributed by atoms with E-state index in [-0.39, 0.29) is 15.5 Å². The molecule has 8 nitrogen and oxygen atoms in total. The van der Waals surface area contributed by atoms with E-state index in [1.807, 2.05) is 0 Å². The molecule has 1 saturated heterocycles. The minimum absolute atomic E-state index is 0.130. The number of amides is 2. The number of nitrogens with one attached hydrogen (secondary N) is 1.